The lowest BCUT2D eigenvalue weighted by molar-refractivity contribution is 0.485. The lowest BCUT2D eigenvalue weighted by Gasteiger charge is -2.36. The van der Waals surface area contributed by atoms with Gasteiger partial charge in [0, 0.05) is 24.8 Å². The molecule has 1 aromatic rings. The highest BCUT2D eigenvalue weighted by molar-refractivity contribution is 6.33. The molecule has 17 heavy (non-hydrogen) atoms. The molecule has 1 fully saturated rings. The van der Waals surface area contributed by atoms with E-state index in [9.17, 15) is 0 Å². The van der Waals surface area contributed by atoms with E-state index in [0.29, 0.717) is 6.04 Å². The molecule has 0 aromatic heterocycles. The van der Waals surface area contributed by atoms with Crippen molar-refractivity contribution in [1.29, 1.82) is 0 Å². The summed E-state index contributed by atoms with van der Waals surface area (Å²) in [6.07, 6.45) is 3.88. The smallest absolute Gasteiger partial charge is 0.0660 e. The number of hydrogen-bond donors (Lipinski definition) is 1. The Morgan fingerprint density at radius 3 is 2.88 bits per heavy atom. The topological polar surface area (TPSA) is 15.3 Å². The second kappa shape index (κ2) is 5.63. The fourth-order valence-electron chi connectivity index (χ4n) is 2.51. The van der Waals surface area contributed by atoms with Crippen LogP contribution in [0.4, 0.5) is 11.4 Å². The molecule has 1 aliphatic heterocycles. The van der Waals surface area contributed by atoms with Crippen molar-refractivity contribution in [3.8, 4) is 0 Å². The van der Waals surface area contributed by atoms with Gasteiger partial charge in [0.2, 0.25) is 0 Å². The minimum Gasteiger partial charge on any atom is -0.385 e. The summed E-state index contributed by atoms with van der Waals surface area (Å²) < 4.78 is 0. The van der Waals surface area contributed by atoms with Gasteiger partial charge in [0.05, 0.1) is 10.7 Å². The summed E-state index contributed by atoms with van der Waals surface area (Å²) in [4.78, 5) is 2.43. The third-order valence-electron chi connectivity index (χ3n) is 3.44. The Labute approximate surface area is 109 Å². The van der Waals surface area contributed by atoms with Crippen molar-refractivity contribution in [2.75, 3.05) is 23.3 Å². The predicted molar refractivity (Wildman–Crippen MR) is 76.3 cm³/mol. The molecule has 0 spiro atoms. The van der Waals surface area contributed by atoms with E-state index in [1.807, 2.05) is 6.07 Å². The van der Waals surface area contributed by atoms with Gasteiger partial charge in [-0.1, -0.05) is 11.6 Å². The van der Waals surface area contributed by atoms with Crippen LogP contribution in [0.2, 0.25) is 5.02 Å². The highest BCUT2D eigenvalue weighted by Crippen LogP contribution is 2.32. The highest BCUT2D eigenvalue weighted by atomic mass is 35.5. The standard InChI is InChI=1S/C14H21ClN2/c1-3-16-12-7-8-14(13(15)10-12)17-9-5-4-6-11(17)2/h7-8,10-11,16H,3-6,9H2,1-2H3/t11-/m1/s1. The van der Waals surface area contributed by atoms with Crippen LogP contribution < -0.4 is 10.2 Å². The lowest BCUT2D eigenvalue weighted by atomic mass is 10.0. The first-order valence-corrected chi connectivity index (χ1v) is 6.90. The number of rotatable bonds is 3. The van der Waals surface area contributed by atoms with Gasteiger partial charge in [0.1, 0.15) is 0 Å². The Hall–Kier alpha value is -0.890. The average Bonchev–Trinajstić information content (AvgIpc) is 2.31. The molecule has 0 unspecified atom stereocenters. The third kappa shape index (κ3) is 2.86. The first-order valence-electron chi connectivity index (χ1n) is 6.52. The number of piperidine rings is 1. The number of nitrogens with zero attached hydrogens (tertiary/aromatic N) is 1. The molecule has 1 heterocycles. The third-order valence-corrected chi connectivity index (χ3v) is 3.74. The van der Waals surface area contributed by atoms with E-state index in [-0.39, 0.29) is 0 Å². The van der Waals surface area contributed by atoms with Crippen molar-refractivity contribution in [2.45, 2.75) is 39.2 Å². The molecular formula is C14H21ClN2. The SMILES string of the molecule is CCNc1ccc(N2CCCC[C@H]2C)c(Cl)c1. The van der Waals surface area contributed by atoms with Crippen molar-refractivity contribution >= 4 is 23.0 Å². The lowest BCUT2D eigenvalue weighted by Crippen LogP contribution is -2.37. The van der Waals surface area contributed by atoms with E-state index in [2.05, 4.69) is 36.2 Å². The normalized spacial score (nSPS) is 20.4. The largest absolute Gasteiger partial charge is 0.385 e. The Morgan fingerprint density at radius 1 is 1.41 bits per heavy atom. The number of nitrogens with one attached hydrogen (secondary N) is 1. The number of benzene rings is 1. The van der Waals surface area contributed by atoms with Gasteiger partial charge in [-0.15, -0.1) is 0 Å². The summed E-state index contributed by atoms with van der Waals surface area (Å²) >= 11 is 6.38. The van der Waals surface area contributed by atoms with Gasteiger partial charge >= 0.3 is 0 Å². The van der Waals surface area contributed by atoms with Crippen molar-refractivity contribution < 1.29 is 0 Å². The van der Waals surface area contributed by atoms with Crippen molar-refractivity contribution in [1.82, 2.24) is 0 Å². The van der Waals surface area contributed by atoms with E-state index in [1.165, 1.54) is 24.9 Å². The molecule has 2 nitrogen and oxygen atoms in total. The van der Waals surface area contributed by atoms with Crippen LogP contribution >= 0.6 is 11.6 Å². The average molecular weight is 253 g/mol. The molecule has 1 N–H and O–H groups in total. The maximum Gasteiger partial charge on any atom is 0.0660 e. The fraction of sp³-hybridized carbons (Fsp3) is 0.571. The first-order chi connectivity index (χ1) is 8.22. The Bertz CT molecular complexity index is 378. The summed E-state index contributed by atoms with van der Waals surface area (Å²) in [6.45, 7) is 6.43. The molecule has 94 valence electrons. The van der Waals surface area contributed by atoms with Crippen LogP contribution in [-0.2, 0) is 0 Å². The molecule has 0 bridgehead atoms. The molecule has 0 radical (unpaired) electrons. The van der Waals surface area contributed by atoms with Crippen molar-refractivity contribution in [3.05, 3.63) is 23.2 Å². The van der Waals surface area contributed by atoms with Gasteiger partial charge in [-0.3, -0.25) is 0 Å². The van der Waals surface area contributed by atoms with Crippen LogP contribution in [0.3, 0.4) is 0 Å². The molecule has 1 saturated heterocycles. The minimum atomic E-state index is 0.603. The van der Waals surface area contributed by atoms with Gasteiger partial charge in [-0.2, -0.15) is 0 Å². The summed E-state index contributed by atoms with van der Waals surface area (Å²) in [5.41, 5.74) is 2.28. The summed E-state index contributed by atoms with van der Waals surface area (Å²) in [5.74, 6) is 0. The highest BCUT2D eigenvalue weighted by Gasteiger charge is 2.20. The van der Waals surface area contributed by atoms with Crippen molar-refractivity contribution in [2.24, 2.45) is 0 Å². The monoisotopic (exact) mass is 252 g/mol. The second-order valence-corrected chi connectivity index (χ2v) is 5.14. The molecule has 1 aromatic carbocycles. The molecular weight excluding hydrogens is 232 g/mol. The maximum absolute atomic E-state index is 6.38. The predicted octanol–water partition coefficient (Wildman–Crippen LogP) is 4.15. The zero-order chi connectivity index (χ0) is 12.3. The van der Waals surface area contributed by atoms with E-state index in [1.54, 1.807) is 0 Å². The second-order valence-electron chi connectivity index (χ2n) is 4.73. The number of anilines is 2. The Morgan fingerprint density at radius 2 is 2.24 bits per heavy atom. The van der Waals surface area contributed by atoms with Gasteiger partial charge in [0.15, 0.2) is 0 Å². The zero-order valence-corrected chi connectivity index (χ0v) is 11.4. The molecule has 0 aliphatic carbocycles. The zero-order valence-electron chi connectivity index (χ0n) is 10.7. The summed E-state index contributed by atoms with van der Waals surface area (Å²) in [6, 6.07) is 6.89. The van der Waals surface area contributed by atoms with Crippen LogP contribution in [0.5, 0.6) is 0 Å². The molecule has 1 aliphatic rings. The Balaban J connectivity index is 2.20. The van der Waals surface area contributed by atoms with Crippen LogP contribution in [-0.4, -0.2) is 19.1 Å². The van der Waals surface area contributed by atoms with Crippen LogP contribution in [0.25, 0.3) is 0 Å². The number of halogens is 1. The number of hydrogen-bond acceptors (Lipinski definition) is 2. The van der Waals surface area contributed by atoms with Gasteiger partial charge in [-0.25, -0.2) is 0 Å². The molecule has 3 heteroatoms. The fourth-order valence-corrected chi connectivity index (χ4v) is 2.80. The quantitative estimate of drug-likeness (QED) is 0.869. The molecule has 2 rings (SSSR count). The Kier molecular flexibility index (Phi) is 4.16. The van der Waals surface area contributed by atoms with Gasteiger partial charge < -0.3 is 10.2 Å². The minimum absolute atomic E-state index is 0.603. The molecule has 0 amide bonds. The summed E-state index contributed by atoms with van der Waals surface area (Å²) in [5, 5.41) is 4.15. The van der Waals surface area contributed by atoms with E-state index < -0.39 is 0 Å². The molecule has 1 atom stereocenters. The summed E-state index contributed by atoms with van der Waals surface area (Å²) in [7, 11) is 0. The van der Waals surface area contributed by atoms with Crippen molar-refractivity contribution in [3.63, 3.8) is 0 Å². The van der Waals surface area contributed by atoms with Gasteiger partial charge in [0.25, 0.3) is 0 Å². The van der Waals surface area contributed by atoms with Gasteiger partial charge in [-0.05, 0) is 51.3 Å². The van der Waals surface area contributed by atoms with Crippen LogP contribution in [0.15, 0.2) is 18.2 Å². The van der Waals surface area contributed by atoms with E-state index in [4.69, 9.17) is 11.6 Å². The van der Waals surface area contributed by atoms with E-state index >= 15 is 0 Å². The first kappa shape index (κ1) is 12.6. The van der Waals surface area contributed by atoms with Crippen LogP contribution in [0, 0.1) is 0 Å². The van der Waals surface area contributed by atoms with E-state index in [0.717, 1.165) is 23.8 Å². The molecule has 0 saturated carbocycles. The maximum atomic E-state index is 6.38. The van der Waals surface area contributed by atoms with Crippen LogP contribution in [0.1, 0.15) is 33.1 Å².